The fourth-order valence-corrected chi connectivity index (χ4v) is 4.73. The first-order valence-corrected chi connectivity index (χ1v) is 11.3. The third-order valence-electron chi connectivity index (χ3n) is 4.72. The number of thioether (sulfide) groups is 1. The number of nitrogens with zero attached hydrogens (tertiary/aromatic N) is 1. The Morgan fingerprint density at radius 3 is 2.93 bits per heavy atom. The fraction of sp³-hybridized carbons (Fsp3) is 0.429. The van der Waals surface area contributed by atoms with Crippen molar-refractivity contribution in [2.75, 3.05) is 19.7 Å². The molecule has 0 amide bonds. The Morgan fingerprint density at radius 2 is 2.18 bits per heavy atom. The van der Waals surface area contributed by atoms with Crippen molar-refractivity contribution in [3.63, 3.8) is 0 Å². The largest absolute Gasteiger partial charge is 0.465 e. The van der Waals surface area contributed by atoms with Crippen LogP contribution in [0.15, 0.2) is 35.4 Å². The van der Waals surface area contributed by atoms with Crippen molar-refractivity contribution in [3.05, 3.63) is 57.3 Å². The maximum atomic E-state index is 12.7. The lowest BCUT2D eigenvalue weighted by Crippen LogP contribution is -2.27. The summed E-state index contributed by atoms with van der Waals surface area (Å²) >= 11 is 14.1. The second-order valence-electron chi connectivity index (χ2n) is 6.75. The molecule has 0 aliphatic carbocycles. The molecule has 0 fully saturated rings. The summed E-state index contributed by atoms with van der Waals surface area (Å²) in [5.41, 5.74) is 3.24. The molecule has 1 unspecified atom stereocenters. The Kier molecular flexibility index (Phi) is 8.03. The van der Waals surface area contributed by atoms with Gasteiger partial charge in [-0.2, -0.15) is 0 Å². The molecular weight excluding hydrogens is 415 g/mol. The number of unbranched alkanes of at least 4 members (excludes halogenated alkanes) is 1. The SMILES string of the molecule is CCCCOC(=O)C1CNCCc2c1ccc(Cl)c2SCc1ccc(Cl)nc1. The van der Waals surface area contributed by atoms with E-state index in [0.29, 0.717) is 23.3 Å². The minimum Gasteiger partial charge on any atom is -0.465 e. The molecule has 28 heavy (non-hydrogen) atoms. The van der Waals surface area contributed by atoms with Gasteiger partial charge in [0.2, 0.25) is 0 Å². The molecule has 0 radical (unpaired) electrons. The zero-order valence-electron chi connectivity index (χ0n) is 15.8. The number of rotatable bonds is 7. The number of ether oxygens (including phenoxy) is 1. The standard InChI is InChI=1S/C21H24Cl2N2O2S/c1-2-3-10-27-21(26)17-12-24-9-8-16-15(17)5-6-18(22)20(16)28-13-14-4-7-19(23)25-11-14/h4-7,11,17,24H,2-3,8-10,12-13H2,1H3. The maximum absolute atomic E-state index is 12.7. The van der Waals surface area contributed by atoms with Crippen LogP contribution in [0.25, 0.3) is 0 Å². The highest BCUT2D eigenvalue weighted by atomic mass is 35.5. The third kappa shape index (κ3) is 5.41. The average Bonchev–Trinajstić information content (AvgIpc) is 2.91. The van der Waals surface area contributed by atoms with Crippen molar-refractivity contribution in [1.29, 1.82) is 0 Å². The number of carbonyl (C=O) groups excluding carboxylic acids is 1. The third-order valence-corrected chi connectivity index (χ3v) is 6.61. The van der Waals surface area contributed by atoms with E-state index in [1.807, 2.05) is 18.2 Å². The lowest BCUT2D eigenvalue weighted by Gasteiger charge is -2.19. The zero-order valence-corrected chi connectivity index (χ0v) is 18.2. The van der Waals surface area contributed by atoms with Crippen LogP contribution in [-0.4, -0.2) is 30.6 Å². The highest BCUT2D eigenvalue weighted by Crippen LogP contribution is 2.38. The number of esters is 1. The van der Waals surface area contributed by atoms with Crippen LogP contribution in [0.3, 0.4) is 0 Å². The molecule has 1 aliphatic heterocycles. The molecule has 2 heterocycles. The number of pyridine rings is 1. The first-order chi connectivity index (χ1) is 13.6. The number of nitrogens with one attached hydrogen (secondary N) is 1. The van der Waals surface area contributed by atoms with Gasteiger partial charge in [-0.1, -0.05) is 48.7 Å². The van der Waals surface area contributed by atoms with E-state index in [-0.39, 0.29) is 11.9 Å². The molecular formula is C21H24Cl2N2O2S. The Morgan fingerprint density at radius 1 is 1.32 bits per heavy atom. The average molecular weight is 439 g/mol. The van der Waals surface area contributed by atoms with Gasteiger partial charge < -0.3 is 10.1 Å². The second-order valence-corrected chi connectivity index (χ2v) is 8.53. The van der Waals surface area contributed by atoms with Crippen molar-refractivity contribution in [3.8, 4) is 0 Å². The highest BCUT2D eigenvalue weighted by Gasteiger charge is 2.28. The quantitative estimate of drug-likeness (QED) is 0.276. The Bertz CT molecular complexity index is 815. The van der Waals surface area contributed by atoms with Crippen LogP contribution in [0.5, 0.6) is 0 Å². The van der Waals surface area contributed by atoms with E-state index >= 15 is 0 Å². The number of aromatic nitrogens is 1. The molecule has 150 valence electrons. The van der Waals surface area contributed by atoms with E-state index in [0.717, 1.165) is 53.1 Å². The van der Waals surface area contributed by atoms with E-state index < -0.39 is 0 Å². The summed E-state index contributed by atoms with van der Waals surface area (Å²) < 4.78 is 5.51. The summed E-state index contributed by atoms with van der Waals surface area (Å²) in [5.74, 6) is 0.270. The van der Waals surface area contributed by atoms with Gasteiger partial charge in [-0.15, -0.1) is 11.8 Å². The normalized spacial score (nSPS) is 16.3. The van der Waals surface area contributed by atoms with Gasteiger partial charge in [0.05, 0.1) is 17.5 Å². The molecule has 7 heteroatoms. The first kappa shape index (κ1) is 21.4. The lowest BCUT2D eigenvalue weighted by molar-refractivity contribution is -0.145. The lowest BCUT2D eigenvalue weighted by atomic mass is 9.94. The van der Waals surface area contributed by atoms with Crippen LogP contribution >= 0.6 is 35.0 Å². The van der Waals surface area contributed by atoms with Crippen LogP contribution in [0, 0.1) is 0 Å². The Hall–Kier alpha value is -1.27. The minimum absolute atomic E-state index is 0.163. The number of fused-ring (bicyclic) bond motifs is 1. The monoisotopic (exact) mass is 438 g/mol. The van der Waals surface area contributed by atoms with Gasteiger partial charge in [0.1, 0.15) is 5.15 Å². The predicted molar refractivity (Wildman–Crippen MR) is 115 cm³/mol. The highest BCUT2D eigenvalue weighted by molar-refractivity contribution is 7.98. The number of halogens is 2. The summed E-state index contributed by atoms with van der Waals surface area (Å²) in [6.07, 6.45) is 4.49. The second kappa shape index (κ2) is 10.5. The molecule has 1 aliphatic rings. The van der Waals surface area contributed by atoms with Crippen LogP contribution < -0.4 is 5.32 Å². The summed E-state index contributed by atoms with van der Waals surface area (Å²) in [6, 6.07) is 7.62. The van der Waals surface area contributed by atoms with E-state index in [2.05, 4.69) is 17.2 Å². The predicted octanol–water partition coefficient (Wildman–Crippen LogP) is 5.25. The van der Waals surface area contributed by atoms with Gasteiger partial charge in [0.15, 0.2) is 0 Å². The number of hydrogen-bond donors (Lipinski definition) is 1. The molecule has 4 nitrogen and oxygen atoms in total. The summed E-state index contributed by atoms with van der Waals surface area (Å²) in [6.45, 7) is 3.95. The number of benzene rings is 1. The van der Waals surface area contributed by atoms with Crippen LogP contribution in [0.4, 0.5) is 0 Å². The molecule has 1 atom stereocenters. The molecule has 0 saturated carbocycles. The molecule has 1 aromatic carbocycles. The Labute approximate surface area is 180 Å². The first-order valence-electron chi connectivity index (χ1n) is 9.52. The van der Waals surface area contributed by atoms with Crippen molar-refractivity contribution in [2.24, 2.45) is 0 Å². The summed E-state index contributed by atoms with van der Waals surface area (Å²) in [5, 5.41) is 4.56. The summed E-state index contributed by atoms with van der Waals surface area (Å²) in [7, 11) is 0. The van der Waals surface area contributed by atoms with Gasteiger partial charge >= 0.3 is 5.97 Å². The van der Waals surface area contributed by atoms with E-state index in [1.54, 1.807) is 24.0 Å². The molecule has 0 saturated heterocycles. The molecule has 2 aromatic rings. The zero-order chi connectivity index (χ0) is 19.9. The minimum atomic E-state index is -0.303. The van der Waals surface area contributed by atoms with E-state index in [1.165, 1.54) is 0 Å². The molecule has 1 aromatic heterocycles. The van der Waals surface area contributed by atoms with E-state index in [9.17, 15) is 4.79 Å². The van der Waals surface area contributed by atoms with Crippen molar-refractivity contribution >= 4 is 40.9 Å². The molecule has 0 bridgehead atoms. The molecule has 3 rings (SSSR count). The van der Waals surface area contributed by atoms with Gasteiger partial charge in [0.25, 0.3) is 0 Å². The topological polar surface area (TPSA) is 51.2 Å². The van der Waals surface area contributed by atoms with E-state index in [4.69, 9.17) is 27.9 Å². The van der Waals surface area contributed by atoms with Crippen LogP contribution in [0.2, 0.25) is 10.2 Å². The van der Waals surface area contributed by atoms with Crippen molar-refractivity contribution in [2.45, 2.75) is 42.8 Å². The van der Waals surface area contributed by atoms with Gasteiger partial charge in [-0.05, 0) is 48.2 Å². The molecule has 0 spiro atoms. The van der Waals surface area contributed by atoms with Crippen molar-refractivity contribution < 1.29 is 9.53 Å². The smallest absolute Gasteiger partial charge is 0.314 e. The number of carbonyl (C=O) groups is 1. The van der Waals surface area contributed by atoms with Gasteiger partial charge in [0, 0.05) is 23.4 Å². The van der Waals surface area contributed by atoms with Crippen LogP contribution in [-0.2, 0) is 21.7 Å². The van der Waals surface area contributed by atoms with Crippen molar-refractivity contribution in [1.82, 2.24) is 10.3 Å². The fourth-order valence-electron chi connectivity index (χ4n) is 3.20. The summed E-state index contributed by atoms with van der Waals surface area (Å²) in [4.78, 5) is 17.8. The van der Waals surface area contributed by atoms with Gasteiger partial charge in [-0.3, -0.25) is 4.79 Å². The number of hydrogen-bond acceptors (Lipinski definition) is 5. The van der Waals surface area contributed by atoms with Crippen LogP contribution in [0.1, 0.15) is 42.4 Å². The Balaban J connectivity index is 1.83. The maximum Gasteiger partial charge on any atom is 0.314 e. The molecule has 1 N–H and O–H groups in total. The van der Waals surface area contributed by atoms with Gasteiger partial charge in [-0.25, -0.2) is 4.98 Å².